The number of benzene rings is 1. The quantitative estimate of drug-likeness (QED) is 0.460. The van der Waals surface area contributed by atoms with E-state index in [9.17, 15) is 13.2 Å². The molecule has 1 atom stereocenters. The van der Waals surface area contributed by atoms with Crippen molar-refractivity contribution in [3.8, 4) is 17.1 Å². The molecule has 0 radical (unpaired) electrons. The van der Waals surface area contributed by atoms with E-state index >= 15 is 0 Å². The SMILES string of the molecule is CCOc1ccc(S(=O)(=O)NCC2CCCN2C)cc1-c1nc2c(CC(C)C)nn(C)c2c(=O)[nH]1. The number of nitrogens with one attached hydrogen (secondary N) is 2. The van der Waals surface area contributed by atoms with E-state index in [4.69, 9.17) is 9.72 Å². The summed E-state index contributed by atoms with van der Waals surface area (Å²) in [5, 5.41) is 4.50. The van der Waals surface area contributed by atoms with Crippen molar-refractivity contribution in [2.75, 3.05) is 26.7 Å². The summed E-state index contributed by atoms with van der Waals surface area (Å²) < 4.78 is 36.3. The first-order valence-corrected chi connectivity index (χ1v) is 13.5. The van der Waals surface area contributed by atoms with Gasteiger partial charge in [-0.1, -0.05) is 13.8 Å². The van der Waals surface area contributed by atoms with Gasteiger partial charge in [-0.25, -0.2) is 18.1 Å². The molecule has 190 valence electrons. The van der Waals surface area contributed by atoms with E-state index < -0.39 is 10.0 Å². The highest BCUT2D eigenvalue weighted by atomic mass is 32.2. The maximum atomic E-state index is 13.1. The lowest BCUT2D eigenvalue weighted by Crippen LogP contribution is -2.38. The minimum Gasteiger partial charge on any atom is -0.493 e. The van der Waals surface area contributed by atoms with Crippen LogP contribution in [0.5, 0.6) is 5.75 Å². The standard InChI is InChI=1S/C24H34N6O4S/c1-6-34-20-10-9-17(35(32,33)25-14-16-8-7-11-29(16)4)13-18(20)23-26-21-19(12-15(2)3)28-30(5)22(21)24(31)27-23/h9-10,13,15-16,25H,6-8,11-12,14H2,1-5H3,(H,26,27,31). The van der Waals surface area contributed by atoms with Crippen molar-refractivity contribution in [1.82, 2.24) is 29.4 Å². The third-order valence-electron chi connectivity index (χ3n) is 6.36. The third-order valence-corrected chi connectivity index (χ3v) is 7.78. The van der Waals surface area contributed by atoms with E-state index in [0.717, 1.165) is 25.1 Å². The van der Waals surface area contributed by atoms with Crippen LogP contribution in [0.15, 0.2) is 27.9 Å². The summed E-state index contributed by atoms with van der Waals surface area (Å²) in [4.78, 5) is 22.8. The number of hydrogen-bond donors (Lipinski definition) is 2. The molecule has 35 heavy (non-hydrogen) atoms. The zero-order valence-corrected chi connectivity index (χ0v) is 21.8. The number of rotatable bonds is 9. The molecule has 1 fully saturated rings. The molecule has 0 amide bonds. The molecule has 0 aliphatic carbocycles. The van der Waals surface area contributed by atoms with Gasteiger partial charge in [0.1, 0.15) is 17.1 Å². The number of aromatic amines is 1. The van der Waals surface area contributed by atoms with Gasteiger partial charge >= 0.3 is 0 Å². The molecular formula is C24H34N6O4S. The summed E-state index contributed by atoms with van der Waals surface area (Å²) in [7, 11) is -0.0521. The molecule has 1 unspecified atom stereocenters. The van der Waals surface area contributed by atoms with Crippen molar-refractivity contribution in [3.63, 3.8) is 0 Å². The minimum atomic E-state index is -3.77. The van der Waals surface area contributed by atoms with E-state index in [1.165, 1.54) is 16.8 Å². The van der Waals surface area contributed by atoms with E-state index in [-0.39, 0.29) is 22.3 Å². The Morgan fingerprint density at radius 2 is 2.06 bits per heavy atom. The van der Waals surface area contributed by atoms with Crippen molar-refractivity contribution in [2.24, 2.45) is 13.0 Å². The Bertz CT molecular complexity index is 1380. The molecule has 1 aromatic carbocycles. The molecule has 10 nitrogen and oxygen atoms in total. The molecule has 1 aliphatic heterocycles. The van der Waals surface area contributed by atoms with Gasteiger partial charge in [-0.15, -0.1) is 0 Å². The lowest BCUT2D eigenvalue weighted by atomic mass is 10.1. The van der Waals surface area contributed by atoms with Gasteiger partial charge in [0.2, 0.25) is 10.0 Å². The van der Waals surface area contributed by atoms with E-state index in [2.05, 4.69) is 33.6 Å². The van der Waals surface area contributed by atoms with Gasteiger partial charge in [0, 0.05) is 19.6 Å². The Morgan fingerprint density at radius 1 is 1.29 bits per heavy atom. The van der Waals surface area contributed by atoms with Crippen molar-refractivity contribution < 1.29 is 13.2 Å². The Morgan fingerprint density at radius 3 is 2.71 bits per heavy atom. The van der Waals surface area contributed by atoms with Crippen LogP contribution >= 0.6 is 0 Å². The monoisotopic (exact) mass is 502 g/mol. The second kappa shape index (κ2) is 10.1. The lowest BCUT2D eigenvalue weighted by Gasteiger charge is -2.20. The smallest absolute Gasteiger partial charge is 0.277 e. The normalized spacial score (nSPS) is 17.0. The van der Waals surface area contributed by atoms with Crippen LogP contribution in [0.4, 0.5) is 0 Å². The molecule has 11 heteroatoms. The molecular weight excluding hydrogens is 468 g/mol. The Kier molecular flexibility index (Phi) is 7.30. The molecule has 4 rings (SSSR count). The van der Waals surface area contributed by atoms with Gasteiger partial charge in [0.05, 0.1) is 22.8 Å². The number of aryl methyl sites for hydroxylation is 1. The number of likely N-dealkylation sites (N-methyl/N-ethyl adjacent to an activating group) is 1. The number of nitrogens with zero attached hydrogens (tertiary/aromatic N) is 4. The molecule has 1 saturated heterocycles. The summed E-state index contributed by atoms with van der Waals surface area (Å²) in [6, 6.07) is 4.81. The number of ether oxygens (including phenoxy) is 1. The van der Waals surface area contributed by atoms with Crippen LogP contribution in [-0.4, -0.2) is 65.9 Å². The number of hydrogen-bond acceptors (Lipinski definition) is 7. The highest BCUT2D eigenvalue weighted by molar-refractivity contribution is 7.89. The Hall–Kier alpha value is -2.76. The molecule has 3 aromatic rings. The van der Waals surface area contributed by atoms with Crippen LogP contribution in [0.3, 0.4) is 0 Å². The van der Waals surface area contributed by atoms with Crippen molar-refractivity contribution in [1.29, 1.82) is 0 Å². The predicted octanol–water partition coefficient (Wildman–Crippen LogP) is 2.29. The average molecular weight is 503 g/mol. The fourth-order valence-corrected chi connectivity index (χ4v) is 5.67. The summed E-state index contributed by atoms with van der Waals surface area (Å²) in [5.74, 6) is 1.02. The third kappa shape index (κ3) is 5.26. The van der Waals surface area contributed by atoms with E-state index in [1.54, 1.807) is 13.1 Å². The van der Waals surface area contributed by atoms with Gasteiger partial charge in [0.15, 0.2) is 5.52 Å². The first kappa shape index (κ1) is 25.3. The predicted molar refractivity (Wildman–Crippen MR) is 135 cm³/mol. The highest BCUT2D eigenvalue weighted by Crippen LogP contribution is 2.31. The van der Waals surface area contributed by atoms with Gasteiger partial charge < -0.3 is 14.6 Å². The van der Waals surface area contributed by atoms with Gasteiger partial charge in [-0.3, -0.25) is 9.48 Å². The van der Waals surface area contributed by atoms with Crippen molar-refractivity contribution in [2.45, 2.75) is 51.0 Å². The summed E-state index contributed by atoms with van der Waals surface area (Å²) in [6.07, 6.45) is 2.69. The van der Waals surface area contributed by atoms with Crippen LogP contribution in [-0.2, 0) is 23.5 Å². The molecule has 0 saturated carbocycles. The zero-order valence-electron chi connectivity index (χ0n) is 21.0. The average Bonchev–Trinajstić information content (AvgIpc) is 3.34. The van der Waals surface area contributed by atoms with Crippen LogP contribution in [0.1, 0.15) is 39.3 Å². The fraction of sp³-hybridized carbons (Fsp3) is 0.542. The highest BCUT2D eigenvalue weighted by Gasteiger charge is 2.25. The van der Waals surface area contributed by atoms with Crippen LogP contribution < -0.4 is 15.0 Å². The van der Waals surface area contributed by atoms with E-state index in [0.29, 0.717) is 47.8 Å². The molecule has 0 bridgehead atoms. The summed E-state index contributed by atoms with van der Waals surface area (Å²) in [6.45, 7) is 7.68. The topological polar surface area (TPSA) is 122 Å². The second-order valence-electron chi connectivity index (χ2n) is 9.50. The van der Waals surface area contributed by atoms with Crippen molar-refractivity contribution >= 4 is 21.1 Å². The fourth-order valence-electron chi connectivity index (χ4n) is 4.57. The number of likely N-dealkylation sites (tertiary alicyclic amines) is 1. The van der Waals surface area contributed by atoms with Crippen LogP contribution in [0, 0.1) is 5.92 Å². The minimum absolute atomic E-state index is 0.0907. The molecule has 2 aromatic heterocycles. The maximum Gasteiger partial charge on any atom is 0.277 e. The first-order chi connectivity index (χ1) is 16.6. The largest absolute Gasteiger partial charge is 0.493 e. The van der Waals surface area contributed by atoms with Crippen LogP contribution in [0.2, 0.25) is 0 Å². The number of sulfonamides is 1. The lowest BCUT2D eigenvalue weighted by molar-refractivity contribution is 0.311. The Labute approximate surface area is 205 Å². The summed E-state index contributed by atoms with van der Waals surface area (Å²) in [5.41, 5.74) is 1.69. The first-order valence-electron chi connectivity index (χ1n) is 12.0. The maximum absolute atomic E-state index is 13.1. The molecule has 0 spiro atoms. The van der Waals surface area contributed by atoms with Crippen molar-refractivity contribution in [3.05, 3.63) is 34.2 Å². The zero-order chi connectivity index (χ0) is 25.3. The van der Waals surface area contributed by atoms with E-state index in [1.807, 2.05) is 14.0 Å². The summed E-state index contributed by atoms with van der Waals surface area (Å²) >= 11 is 0. The second-order valence-corrected chi connectivity index (χ2v) is 11.3. The molecule has 1 aliphatic rings. The van der Waals surface area contributed by atoms with Gasteiger partial charge in [-0.05, 0) is 63.9 Å². The number of fused-ring (bicyclic) bond motifs is 1. The molecule has 2 N–H and O–H groups in total. The number of aromatic nitrogens is 4. The van der Waals surface area contributed by atoms with Crippen LogP contribution in [0.25, 0.3) is 22.4 Å². The molecule has 3 heterocycles. The van der Waals surface area contributed by atoms with Gasteiger partial charge in [-0.2, -0.15) is 5.10 Å². The number of H-pyrrole nitrogens is 1. The Balaban J connectivity index is 1.77. The van der Waals surface area contributed by atoms with Gasteiger partial charge in [0.25, 0.3) is 5.56 Å².